The van der Waals surface area contributed by atoms with Gasteiger partial charge in [-0.25, -0.2) is 9.36 Å². The van der Waals surface area contributed by atoms with E-state index in [1.807, 2.05) is 0 Å². The highest BCUT2D eigenvalue weighted by molar-refractivity contribution is 7.47. The Balaban J connectivity index is 4.01. The van der Waals surface area contributed by atoms with Gasteiger partial charge in [0.25, 0.3) is 0 Å². The van der Waals surface area contributed by atoms with E-state index in [0.717, 1.165) is 96.3 Å². The van der Waals surface area contributed by atoms with E-state index < -0.39 is 57.6 Å². The van der Waals surface area contributed by atoms with E-state index in [9.17, 15) is 34.1 Å². The average molecular weight is 688 g/mol. The number of carboxylic acids is 1. The summed E-state index contributed by atoms with van der Waals surface area (Å²) in [7, 11) is -4.74. The molecule has 0 spiro atoms. The molecule has 4 N–H and O–H groups in total. The van der Waals surface area contributed by atoms with Crippen molar-refractivity contribution in [2.75, 3.05) is 19.8 Å². The van der Waals surface area contributed by atoms with Gasteiger partial charge in [0, 0.05) is 12.8 Å². The summed E-state index contributed by atoms with van der Waals surface area (Å²) in [6, 6.07) is -1.55. The first-order chi connectivity index (χ1) is 22.6. The van der Waals surface area contributed by atoms with Crippen molar-refractivity contribution in [3.05, 3.63) is 36.5 Å². The number of hydrogen-bond donors (Lipinski definition) is 4. The maximum Gasteiger partial charge on any atom is 0.472 e. The van der Waals surface area contributed by atoms with Gasteiger partial charge in [-0.05, 0) is 44.9 Å². The first-order valence-corrected chi connectivity index (χ1v) is 19.0. The van der Waals surface area contributed by atoms with Crippen molar-refractivity contribution in [3.8, 4) is 0 Å². The molecule has 0 aliphatic rings. The summed E-state index contributed by atoms with van der Waals surface area (Å²) < 4.78 is 26.5. The first-order valence-electron chi connectivity index (χ1n) is 17.5. The van der Waals surface area contributed by atoms with Crippen molar-refractivity contribution < 1.29 is 47.8 Å². The topological polar surface area (TPSA) is 169 Å². The smallest absolute Gasteiger partial charge is 0.472 e. The van der Waals surface area contributed by atoms with Gasteiger partial charge in [-0.15, -0.1) is 0 Å². The fourth-order valence-corrected chi connectivity index (χ4v) is 5.22. The zero-order valence-corrected chi connectivity index (χ0v) is 29.7. The third kappa shape index (κ3) is 30.8. The average Bonchev–Trinajstić information content (AvgIpc) is 3.04. The summed E-state index contributed by atoms with van der Waals surface area (Å²) in [6.07, 6.45) is 29.3. The van der Waals surface area contributed by atoms with E-state index in [1.165, 1.54) is 0 Å². The molecule has 47 heavy (non-hydrogen) atoms. The lowest BCUT2D eigenvalue weighted by Gasteiger charge is -2.18. The van der Waals surface area contributed by atoms with Gasteiger partial charge in [-0.1, -0.05) is 115 Å². The lowest BCUT2D eigenvalue weighted by molar-refractivity contribution is -0.147. The normalized spacial score (nSPS) is 14.5. The van der Waals surface area contributed by atoms with E-state index in [-0.39, 0.29) is 12.8 Å². The number of carboxylic acid groups (broad SMARTS) is 1. The van der Waals surface area contributed by atoms with Crippen LogP contribution in [0.5, 0.6) is 0 Å². The molecule has 12 heteroatoms. The van der Waals surface area contributed by atoms with Gasteiger partial charge >= 0.3 is 19.8 Å². The Morgan fingerprint density at radius 3 is 1.85 bits per heavy atom. The van der Waals surface area contributed by atoms with Crippen molar-refractivity contribution in [2.24, 2.45) is 0 Å². The van der Waals surface area contributed by atoms with Gasteiger partial charge in [0.15, 0.2) is 6.04 Å². The zero-order chi connectivity index (χ0) is 35.0. The molecule has 0 saturated carbocycles. The largest absolute Gasteiger partial charge is 0.480 e. The molecule has 0 saturated heterocycles. The second kappa shape index (κ2) is 31.0. The zero-order valence-electron chi connectivity index (χ0n) is 28.8. The molecule has 1 amide bonds. The van der Waals surface area contributed by atoms with E-state index >= 15 is 0 Å². The standard InChI is InChI=1S/C35H62NO10P/c1-3-5-7-9-11-12-13-14-15-16-17-18-19-20-21-22-24-26-33(38)36-32(35(40)41)30-46-47(42,43)45-29-31(37)28-44-34(39)27-25-23-10-8-6-4-2/h5,7,11-12,14-15,31-32,37H,3-4,6,8-10,13,16-30H2,1-2H3,(H,36,38)(H,40,41)(H,42,43)/b7-5-,12-11-,15-14-. The number of hydrogen-bond acceptors (Lipinski definition) is 8. The molecular weight excluding hydrogens is 625 g/mol. The number of amides is 1. The molecule has 0 aromatic rings. The molecule has 0 aliphatic carbocycles. The first kappa shape index (κ1) is 44.7. The van der Waals surface area contributed by atoms with Crippen LogP contribution in [0.15, 0.2) is 36.5 Å². The minimum atomic E-state index is -4.74. The number of allylic oxidation sites excluding steroid dienone is 6. The molecule has 0 heterocycles. The van der Waals surface area contributed by atoms with Crippen LogP contribution in [0, 0.1) is 0 Å². The number of aliphatic hydroxyl groups excluding tert-OH is 1. The molecule has 0 aliphatic heterocycles. The lowest BCUT2D eigenvalue weighted by Crippen LogP contribution is -2.43. The summed E-state index contributed by atoms with van der Waals surface area (Å²) in [6.45, 7) is 2.36. The maximum absolute atomic E-state index is 12.2. The van der Waals surface area contributed by atoms with Gasteiger partial charge < -0.3 is 25.2 Å². The molecule has 272 valence electrons. The number of unbranched alkanes of at least 4 members (excludes halogenated alkanes) is 12. The highest BCUT2D eigenvalue weighted by atomic mass is 31.2. The number of ether oxygens (including phenoxy) is 1. The van der Waals surface area contributed by atoms with Crippen LogP contribution in [0.1, 0.15) is 136 Å². The van der Waals surface area contributed by atoms with Crippen molar-refractivity contribution in [1.29, 1.82) is 0 Å². The number of nitrogens with one attached hydrogen (secondary N) is 1. The van der Waals surface area contributed by atoms with Gasteiger partial charge in [0.1, 0.15) is 12.7 Å². The number of aliphatic carboxylic acids is 1. The van der Waals surface area contributed by atoms with Crippen LogP contribution in [0.4, 0.5) is 0 Å². The molecule has 0 radical (unpaired) electrons. The predicted molar refractivity (Wildman–Crippen MR) is 185 cm³/mol. The van der Waals surface area contributed by atoms with Crippen LogP contribution in [0.2, 0.25) is 0 Å². The Labute approximate surface area is 282 Å². The fraction of sp³-hybridized carbons (Fsp3) is 0.743. The predicted octanol–water partition coefficient (Wildman–Crippen LogP) is 7.71. The molecule has 0 aromatic carbocycles. The van der Waals surface area contributed by atoms with E-state index in [1.54, 1.807) is 0 Å². The van der Waals surface area contributed by atoms with E-state index in [2.05, 4.69) is 55.6 Å². The Hall–Kier alpha value is -2.30. The summed E-state index contributed by atoms with van der Waals surface area (Å²) in [5.41, 5.74) is 0. The summed E-state index contributed by atoms with van der Waals surface area (Å²) in [4.78, 5) is 45.4. The molecule has 0 rings (SSSR count). The summed E-state index contributed by atoms with van der Waals surface area (Å²) in [5, 5.41) is 21.6. The fourth-order valence-electron chi connectivity index (χ4n) is 4.44. The van der Waals surface area contributed by atoms with E-state index in [0.29, 0.717) is 12.8 Å². The second-order valence-electron chi connectivity index (χ2n) is 11.7. The molecule has 0 fully saturated rings. The molecule has 3 unspecified atom stereocenters. The van der Waals surface area contributed by atoms with Crippen molar-refractivity contribution in [2.45, 2.75) is 148 Å². The molecule has 0 aromatic heterocycles. The van der Waals surface area contributed by atoms with Crippen molar-refractivity contribution >= 4 is 25.7 Å². The molecule has 0 bridgehead atoms. The number of aliphatic hydroxyl groups is 1. The number of carbonyl (C=O) groups is 3. The van der Waals surface area contributed by atoms with Crippen LogP contribution in [0.25, 0.3) is 0 Å². The highest BCUT2D eigenvalue weighted by Crippen LogP contribution is 2.43. The van der Waals surface area contributed by atoms with Crippen molar-refractivity contribution in [3.63, 3.8) is 0 Å². The van der Waals surface area contributed by atoms with Gasteiger partial charge in [0.05, 0.1) is 13.2 Å². The van der Waals surface area contributed by atoms with E-state index in [4.69, 9.17) is 13.8 Å². The Morgan fingerprint density at radius 2 is 1.23 bits per heavy atom. The van der Waals surface area contributed by atoms with Gasteiger partial charge in [0.2, 0.25) is 5.91 Å². The second-order valence-corrected chi connectivity index (χ2v) is 13.1. The minimum absolute atomic E-state index is 0.134. The maximum atomic E-state index is 12.2. The van der Waals surface area contributed by atoms with Crippen LogP contribution in [-0.2, 0) is 32.7 Å². The Bertz CT molecular complexity index is 953. The SMILES string of the molecule is CC/C=C\C/C=C\C/C=C\CCCCCCCCCC(=O)NC(COP(=O)(O)OCC(O)COC(=O)CCCCCCCC)C(=O)O. The Morgan fingerprint density at radius 1 is 0.702 bits per heavy atom. The third-order valence-corrected chi connectivity index (χ3v) is 8.14. The number of rotatable bonds is 32. The van der Waals surface area contributed by atoms with Crippen LogP contribution in [-0.4, -0.2) is 64.9 Å². The molecule has 3 atom stereocenters. The number of phosphoric ester groups is 1. The third-order valence-electron chi connectivity index (χ3n) is 7.19. The van der Waals surface area contributed by atoms with Gasteiger partial charge in [-0.2, -0.15) is 0 Å². The highest BCUT2D eigenvalue weighted by Gasteiger charge is 2.28. The Kier molecular flexibility index (Phi) is 29.5. The monoisotopic (exact) mass is 687 g/mol. The number of carbonyl (C=O) groups excluding carboxylic acids is 2. The van der Waals surface area contributed by atoms with Crippen LogP contribution in [0.3, 0.4) is 0 Å². The summed E-state index contributed by atoms with van der Waals surface area (Å²) in [5.74, 6) is -2.40. The molecule has 11 nitrogen and oxygen atoms in total. The number of phosphoric acid groups is 1. The lowest BCUT2D eigenvalue weighted by atomic mass is 10.1. The number of esters is 1. The molecular formula is C35H62NO10P. The quantitative estimate of drug-likeness (QED) is 0.0238. The van der Waals surface area contributed by atoms with Crippen LogP contribution < -0.4 is 5.32 Å². The minimum Gasteiger partial charge on any atom is -0.480 e. The van der Waals surface area contributed by atoms with Gasteiger partial charge in [-0.3, -0.25) is 18.6 Å². The van der Waals surface area contributed by atoms with Crippen LogP contribution >= 0.6 is 7.82 Å². The summed E-state index contributed by atoms with van der Waals surface area (Å²) >= 11 is 0. The van der Waals surface area contributed by atoms with Crippen molar-refractivity contribution in [1.82, 2.24) is 5.32 Å².